The van der Waals surface area contributed by atoms with Crippen LogP contribution in [0.3, 0.4) is 0 Å². The maximum absolute atomic E-state index is 12.6. The van der Waals surface area contributed by atoms with Crippen molar-refractivity contribution >= 4 is 32.6 Å². The predicted octanol–water partition coefficient (Wildman–Crippen LogP) is 5.10. The number of amides is 1. The first-order chi connectivity index (χ1) is 11.3. The lowest BCUT2D eigenvalue weighted by Gasteiger charge is -2.25. The van der Waals surface area contributed by atoms with Crippen LogP contribution in [0.15, 0.2) is 18.2 Å². The number of halogens is 3. The number of thiazole rings is 1. The van der Waals surface area contributed by atoms with Crippen LogP contribution in [0.2, 0.25) is 0 Å². The summed E-state index contributed by atoms with van der Waals surface area (Å²) in [6.07, 6.45) is -0.148. The zero-order chi connectivity index (χ0) is 17.4. The van der Waals surface area contributed by atoms with Crippen LogP contribution in [-0.4, -0.2) is 17.3 Å². The molecule has 1 saturated carbocycles. The van der Waals surface area contributed by atoms with Crippen LogP contribution in [0.5, 0.6) is 5.75 Å². The van der Waals surface area contributed by atoms with Crippen molar-refractivity contribution in [2.75, 3.05) is 5.32 Å². The molecule has 1 heterocycles. The number of benzene rings is 1. The molecule has 1 amide bonds. The van der Waals surface area contributed by atoms with E-state index in [0.29, 0.717) is 15.3 Å². The zero-order valence-corrected chi connectivity index (χ0v) is 13.9. The Balaban J connectivity index is 1.79. The summed E-state index contributed by atoms with van der Waals surface area (Å²) in [5, 5.41) is 3.24. The number of ether oxygens (including phenoxy) is 1. The average Bonchev–Trinajstić information content (AvgIpc) is 3.11. The highest BCUT2D eigenvalue weighted by molar-refractivity contribution is 7.22. The van der Waals surface area contributed by atoms with Crippen molar-refractivity contribution in [3.63, 3.8) is 0 Å². The minimum atomic E-state index is -4.73. The minimum Gasteiger partial charge on any atom is -0.406 e. The van der Waals surface area contributed by atoms with E-state index in [-0.39, 0.29) is 17.1 Å². The van der Waals surface area contributed by atoms with Gasteiger partial charge in [0.25, 0.3) is 0 Å². The lowest BCUT2D eigenvalue weighted by Crippen LogP contribution is -2.33. The molecule has 0 saturated heterocycles. The summed E-state index contributed by atoms with van der Waals surface area (Å²) in [4.78, 5) is 16.9. The SMILES string of the molecule is CCC1(C(=O)Nc2nc3ccc(OC(F)(F)F)cc3s2)CCCC1. The molecule has 2 aromatic rings. The summed E-state index contributed by atoms with van der Waals surface area (Å²) in [7, 11) is 0. The molecular weight excluding hydrogens is 341 g/mol. The third-order valence-corrected chi connectivity index (χ3v) is 5.47. The Labute approximate surface area is 141 Å². The number of nitrogens with zero attached hydrogens (tertiary/aromatic N) is 1. The fraction of sp³-hybridized carbons (Fsp3) is 0.500. The molecular formula is C16H17F3N2O2S. The smallest absolute Gasteiger partial charge is 0.406 e. The van der Waals surface area contributed by atoms with Crippen LogP contribution in [0, 0.1) is 5.41 Å². The number of nitrogens with one attached hydrogen (secondary N) is 1. The van der Waals surface area contributed by atoms with Crippen LogP contribution in [0.4, 0.5) is 18.3 Å². The topological polar surface area (TPSA) is 51.2 Å². The monoisotopic (exact) mass is 358 g/mol. The van der Waals surface area contributed by atoms with Crippen molar-refractivity contribution in [2.24, 2.45) is 5.41 Å². The molecule has 1 aliphatic carbocycles. The van der Waals surface area contributed by atoms with E-state index < -0.39 is 6.36 Å². The van der Waals surface area contributed by atoms with Gasteiger partial charge in [-0.15, -0.1) is 13.2 Å². The van der Waals surface area contributed by atoms with Gasteiger partial charge in [-0.3, -0.25) is 4.79 Å². The summed E-state index contributed by atoms with van der Waals surface area (Å²) in [6.45, 7) is 2.00. The van der Waals surface area contributed by atoms with Crippen LogP contribution >= 0.6 is 11.3 Å². The molecule has 1 fully saturated rings. The van der Waals surface area contributed by atoms with Crippen LogP contribution in [-0.2, 0) is 4.79 Å². The van der Waals surface area contributed by atoms with Gasteiger partial charge in [0, 0.05) is 11.5 Å². The largest absolute Gasteiger partial charge is 0.573 e. The lowest BCUT2D eigenvalue weighted by atomic mass is 9.82. The maximum atomic E-state index is 12.6. The third-order valence-electron chi connectivity index (χ3n) is 4.53. The van der Waals surface area contributed by atoms with Crippen molar-refractivity contribution in [2.45, 2.75) is 45.4 Å². The Kier molecular flexibility index (Phi) is 4.42. The summed E-state index contributed by atoms with van der Waals surface area (Å²) < 4.78 is 41.3. The fourth-order valence-corrected chi connectivity index (χ4v) is 4.07. The number of carbonyl (C=O) groups is 1. The Hall–Kier alpha value is -1.83. The van der Waals surface area contributed by atoms with E-state index in [4.69, 9.17) is 0 Å². The zero-order valence-electron chi connectivity index (χ0n) is 13.1. The van der Waals surface area contributed by atoms with Gasteiger partial charge in [-0.05, 0) is 31.4 Å². The van der Waals surface area contributed by atoms with Gasteiger partial charge in [0.2, 0.25) is 5.91 Å². The maximum Gasteiger partial charge on any atom is 0.573 e. The molecule has 24 heavy (non-hydrogen) atoms. The molecule has 0 bridgehead atoms. The molecule has 1 aromatic carbocycles. The van der Waals surface area contributed by atoms with Gasteiger partial charge in [0.15, 0.2) is 5.13 Å². The van der Waals surface area contributed by atoms with Crippen molar-refractivity contribution in [1.29, 1.82) is 0 Å². The Morgan fingerprint density at radius 1 is 1.38 bits per heavy atom. The summed E-state index contributed by atoms with van der Waals surface area (Å²) in [6, 6.07) is 3.95. The quantitative estimate of drug-likeness (QED) is 0.827. The molecule has 8 heteroatoms. The molecule has 130 valence electrons. The number of carbonyl (C=O) groups excluding carboxylic acids is 1. The van der Waals surface area contributed by atoms with E-state index in [1.54, 1.807) is 0 Å². The van der Waals surface area contributed by atoms with Gasteiger partial charge in [-0.25, -0.2) is 4.98 Å². The van der Waals surface area contributed by atoms with Crippen LogP contribution < -0.4 is 10.1 Å². The number of rotatable bonds is 4. The molecule has 0 aliphatic heterocycles. The van der Waals surface area contributed by atoms with E-state index in [0.717, 1.165) is 43.4 Å². The number of alkyl halides is 3. The van der Waals surface area contributed by atoms with Crippen molar-refractivity contribution < 1.29 is 22.7 Å². The van der Waals surface area contributed by atoms with Gasteiger partial charge in [0.05, 0.1) is 10.2 Å². The van der Waals surface area contributed by atoms with Crippen molar-refractivity contribution in [3.05, 3.63) is 18.2 Å². The molecule has 0 unspecified atom stereocenters. The fourth-order valence-electron chi connectivity index (χ4n) is 3.18. The molecule has 1 aromatic heterocycles. The number of hydrogen-bond donors (Lipinski definition) is 1. The summed E-state index contributed by atoms with van der Waals surface area (Å²) in [5.74, 6) is -0.342. The second-order valence-electron chi connectivity index (χ2n) is 5.99. The minimum absolute atomic E-state index is 0.0479. The van der Waals surface area contributed by atoms with E-state index in [1.807, 2.05) is 6.92 Å². The second kappa shape index (κ2) is 6.23. The summed E-state index contributed by atoms with van der Waals surface area (Å²) >= 11 is 1.14. The molecule has 0 radical (unpaired) electrons. The Bertz CT molecular complexity index is 751. The second-order valence-corrected chi connectivity index (χ2v) is 7.02. The molecule has 4 nitrogen and oxygen atoms in total. The first-order valence-electron chi connectivity index (χ1n) is 7.79. The number of aromatic nitrogens is 1. The molecule has 3 rings (SSSR count). The van der Waals surface area contributed by atoms with Gasteiger partial charge in [-0.2, -0.15) is 0 Å². The Morgan fingerprint density at radius 3 is 2.71 bits per heavy atom. The molecule has 0 spiro atoms. The van der Waals surface area contributed by atoms with Gasteiger partial charge < -0.3 is 10.1 Å². The van der Waals surface area contributed by atoms with Crippen LogP contribution in [0.1, 0.15) is 39.0 Å². The number of anilines is 1. The average molecular weight is 358 g/mol. The van der Waals surface area contributed by atoms with Crippen molar-refractivity contribution in [1.82, 2.24) is 4.98 Å². The van der Waals surface area contributed by atoms with Gasteiger partial charge in [-0.1, -0.05) is 31.1 Å². The first-order valence-corrected chi connectivity index (χ1v) is 8.61. The highest BCUT2D eigenvalue weighted by Crippen LogP contribution is 2.42. The lowest BCUT2D eigenvalue weighted by molar-refractivity contribution is -0.274. The molecule has 0 atom stereocenters. The van der Waals surface area contributed by atoms with E-state index >= 15 is 0 Å². The van der Waals surface area contributed by atoms with Gasteiger partial charge in [0.1, 0.15) is 5.75 Å². The van der Waals surface area contributed by atoms with Gasteiger partial charge >= 0.3 is 6.36 Å². The summed E-state index contributed by atoms with van der Waals surface area (Å²) in [5.41, 5.74) is 0.185. The number of fused-ring (bicyclic) bond motifs is 1. The van der Waals surface area contributed by atoms with E-state index in [2.05, 4.69) is 15.0 Å². The first kappa shape index (κ1) is 17.0. The van der Waals surface area contributed by atoms with Crippen LogP contribution in [0.25, 0.3) is 10.2 Å². The number of hydrogen-bond acceptors (Lipinski definition) is 4. The van der Waals surface area contributed by atoms with E-state index in [9.17, 15) is 18.0 Å². The normalized spacial score (nSPS) is 17.2. The van der Waals surface area contributed by atoms with Crippen molar-refractivity contribution in [3.8, 4) is 5.75 Å². The Morgan fingerprint density at radius 2 is 2.08 bits per heavy atom. The predicted molar refractivity (Wildman–Crippen MR) is 86.1 cm³/mol. The highest BCUT2D eigenvalue weighted by atomic mass is 32.1. The molecule has 1 aliphatic rings. The third kappa shape index (κ3) is 3.48. The molecule has 1 N–H and O–H groups in total. The van der Waals surface area contributed by atoms with E-state index in [1.165, 1.54) is 18.2 Å². The standard InChI is InChI=1S/C16H17F3N2O2S/c1-2-15(7-3-4-8-15)13(22)21-14-20-11-6-5-10(9-12(11)24-14)23-16(17,18)19/h5-6,9H,2-4,7-8H2,1H3,(H,20,21,22). The highest BCUT2D eigenvalue weighted by Gasteiger charge is 2.39.